The molecule has 0 rings (SSSR count). The van der Waals surface area contributed by atoms with Crippen LogP contribution in [0.1, 0.15) is 136 Å². The van der Waals surface area contributed by atoms with Gasteiger partial charge in [-0.1, -0.05) is 110 Å². The van der Waals surface area contributed by atoms with Crippen LogP contribution in [-0.2, 0) is 9.59 Å². The molecule has 0 bridgehead atoms. The van der Waals surface area contributed by atoms with Crippen molar-refractivity contribution in [2.24, 2.45) is 0 Å². The summed E-state index contributed by atoms with van der Waals surface area (Å²) in [7, 11) is 0. The summed E-state index contributed by atoms with van der Waals surface area (Å²) in [5.41, 5.74) is 0. The summed E-state index contributed by atoms with van der Waals surface area (Å²) in [4.78, 5) is 18.9. The molecule has 0 aromatic heterocycles. The van der Waals surface area contributed by atoms with Crippen molar-refractivity contribution in [2.45, 2.75) is 136 Å². The third kappa shape index (κ3) is 35.4. The quantitative estimate of drug-likeness (QED) is 0.140. The van der Waals surface area contributed by atoms with Gasteiger partial charge in [0.05, 0.1) is 0 Å². The second-order valence-corrected chi connectivity index (χ2v) is 8.02. The van der Waals surface area contributed by atoms with E-state index in [1.807, 2.05) is 0 Å². The first-order valence-electron chi connectivity index (χ1n) is 11.7. The molecule has 0 aromatic carbocycles. The van der Waals surface area contributed by atoms with Gasteiger partial charge in [0, 0.05) is 0 Å². The first kappa shape index (κ1) is 33.2. The fourth-order valence-electron chi connectivity index (χ4n) is 3.20. The van der Waals surface area contributed by atoms with Crippen LogP contribution in [0.15, 0.2) is 0 Å². The molecule has 0 unspecified atom stereocenters. The maximum absolute atomic E-state index is 9.43. The van der Waals surface area contributed by atoms with Gasteiger partial charge in [-0.3, -0.25) is 9.59 Å². The molecule has 4 nitrogen and oxygen atoms in total. The SMILES string of the molecule is CCCCCCCCCCCC[C-](C)CCCCCCC.O=C(O)CC(=O)O.[Li+]. The number of unbranched alkanes of at least 4 members (excludes halogenated alkanes) is 13. The van der Waals surface area contributed by atoms with Crippen LogP contribution in [0.5, 0.6) is 0 Å². The van der Waals surface area contributed by atoms with Gasteiger partial charge >= 0.3 is 30.8 Å². The Morgan fingerprint density at radius 2 is 0.862 bits per heavy atom. The van der Waals surface area contributed by atoms with Gasteiger partial charge in [-0.25, -0.2) is 0 Å². The minimum Gasteiger partial charge on any atom is -0.481 e. The number of aliphatic carboxylic acids is 2. The molecule has 0 atom stereocenters. The van der Waals surface area contributed by atoms with E-state index in [2.05, 4.69) is 20.8 Å². The van der Waals surface area contributed by atoms with E-state index in [-0.39, 0.29) is 18.9 Å². The van der Waals surface area contributed by atoms with Crippen LogP contribution in [0.25, 0.3) is 0 Å². The summed E-state index contributed by atoms with van der Waals surface area (Å²) in [6.45, 7) is 6.97. The van der Waals surface area contributed by atoms with Crippen LogP contribution in [0, 0.1) is 5.92 Å². The van der Waals surface area contributed by atoms with Crippen LogP contribution in [0.2, 0.25) is 0 Å². The number of carbonyl (C=O) groups is 2. The molecule has 0 saturated carbocycles. The molecule has 0 fully saturated rings. The topological polar surface area (TPSA) is 74.6 Å². The Bertz CT molecular complexity index is 336. The van der Waals surface area contributed by atoms with Gasteiger partial charge in [0.2, 0.25) is 0 Å². The fourth-order valence-corrected chi connectivity index (χ4v) is 3.20. The van der Waals surface area contributed by atoms with Crippen LogP contribution in [-0.4, -0.2) is 22.2 Å². The van der Waals surface area contributed by atoms with E-state index in [4.69, 9.17) is 10.2 Å². The van der Waals surface area contributed by atoms with Gasteiger partial charge in [-0.05, 0) is 0 Å². The smallest absolute Gasteiger partial charge is 0.481 e. The number of carboxylic acids is 2. The van der Waals surface area contributed by atoms with Crippen LogP contribution in [0.3, 0.4) is 0 Å². The zero-order chi connectivity index (χ0) is 21.5. The Kier molecular flexibility index (Phi) is 31.5. The van der Waals surface area contributed by atoms with Crippen LogP contribution in [0.4, 0.5) is 0 Å². The van der Waals surface area contributed by atoms with Crippen molar-refractivity contribution >= 4 is 11.9 Å². The summed E-state index contributed by atoms with van der Waals surface area (Å²) in [5.74, 6) is -0.869. The molecule has 0 saturated heterocycles. The first-order chi connectivity index (χ1) is 13.4. The zero-order valence-electron chi connectivity index (χ0n) is 19.9. The number of carboxylic acid groups (broad SMARTS) is 2. The monoisotopic (exact) mass is 406 g/mol. The standard InChI is InChI=1S/C21H43.C3H4O4.Li/c1-4-6-8-10-11-12-13-14-16-18-20-21(3)19-17-15-9-7-5-2;4-2(5)1-3(6)7;/h4-20H2,1-3H3;1H2,(H,4,5)(H,6,7);/q-1;;+1. The second kappa shape index (κ2) is 27.5. The Hall–Kier alpha value is -0.463. The van der Waals surface area contributed by atoms with E-state index in [0.29, 0.717) is 0 Å². The molecule has 0 aromatic rings. The molecular weight excluding hydrogens is 359 g/mol. The molecule has 29 heavy (non-hydrogen) atoms. The first-order valence-corrected chi connectivity index (χ1v) is 11.7. The molecule has 2 N–H and O–H groups in total. The Labute approximate surface area is 192 Å². The Balaban J connectivity index is -0.000000721. The predicted molar refractivity (Wildman–Crippen MR) is 119 cm³/mol. The normalized spacial score (nSPS) is 10.2. The van der Waals surface area contributed by atoms with Crippen molar-refractivity contribution in [3.05, 3.63) is 5.92 Å². The maximum Gasteiger partial charge on any atom is 1.00 e. The number of hydrogen-bond acceptors (Lipinski definition) is 2. The molecule has 0 aliphatic carbocycles. The third-order valence-electron chi connectivity index (χ3n) is 4.97. The molecule has 168 valence electrons. The van der Waals surface area contributed by atoms with E-state index in [0.717, 1.165) is 0 Å². The molecule has 0 aliphatic rings. The molecule has 5 heteroatoms. The van der Waals surface area contributed by atoms with Gasteiger partial charge in [0.15, 0.2) is 0 Å². The Morgan fingerprint density at radius 1 is 0.586 bits per heavy atom. The van der Waals surface area contributed by atoms with Crippen LogP contribution < -0.4 is 18.9 Å². The zero-order valence-corrected chi connectivity index (χ0v) is 19.9. The second-order valence-electron chi connectivity index (χ2n) is 8.02. The average Bonchev–Trinajstić information content (AvgIpc) is 2.62. The summed E-state index contributed by atoms with van der Waals surface area (Å²) in [6.07, 6.45) is 23.6. The van der Waals surface area contributed by atoms with E-state index in [9.17, 15) is 9.59 Å². The molecule has 0 spiro atoms. The minimum atomic E-state index is -1.31. The largest absolute Gasteiger partial charge is 1.00 e. The molecular formula is C24H47LiO4. The number of rotatable bonds is 19. The maximum atomic E-state index is 9.43. The van der Waals surface area contributed by atoms with Crippen molar-refractivity contribution in [3.8, 4) is 0 Å². The van der Waals surface area contributed by atoms with E-state index in [1.54, 1.807) is 5.92 Å². The molecule has 0 heterocycles. The minimum absolute atomic E-state index is 0. The van der Waals surface area contributed by atoms with Crippen molar-refractivity contribution in [2.75, 3.05) is 0 Å². The van der Waals surface area contributed by atoms with Gasteiger partial charge < -0.3 is 16.1 Å². The van der Waals surface area contributed by atoms with Crippen molar-refractivity contribution in [1.29, 1.82) is 0 Å². The summed E-state index contributed by atoms with van der Waals surface area (Å²) < 4.78 is 0. The van der Waals surface area contributed by atoms with Gasteiger partial charge in [-0.2, -0.15) is 19.8 Å². The summed E-state index contributed by atoms with van der Waals surface area (Å²) in [6, 6.07) is 0. The van der Waals surface area contributed by atoms with Crippen LogP contribution >= 0.6 is 0 Å². The fraction of sp³-hybridized carbons (Fsp3) is 0.875. The third-order valence-corrected chi connectivity index (χ3v) is 4.97. The van der Waals surface area contributed by atoms with E-state index >= 15 is 0 Å². The summed E-state index contributed by atoms with van der Waals surface area (Å²) in [5, 5.41) is 15.4. The van der Waals surface area contributed by atoms with Crippen molar-refractivity contribution in [3.63, 3.8) is 0 Å². The molecule has 0 radical (unpaired) electrons. The van der Waals surface area contributed by atoms with E-state index in [1.165, 1.54) is 109 Å². The molecule has 0 aliphatic heterocycles. The Morgan fingerprint density at radius 3 is 1.10 bits per heavy atom. The van der Waals surface area contributed by atoms with Gasteiger partial charge in [0.1, 0.15) is 6.42 Å². The van der Waals surface area contributed by atoms with Gasteiger partial charge in [-0.15, -0.1) is 0 Å². The van der Waals surface area contributed by atoms with Crippen molar-refractivity contribution < 1.29 is 38.7 Å². The molecule has 0 amide bonds. The van der Waals surface area contributed by atoms with E-state index < -0.39 is 18.4 Å². The predicted octanol–water partition coefficient (Wildman–Crippen LogP) is 4.80. The summed E-state index contributed by atoms with van der Waals surface area (Å²) >= 11 is 0. The average molecular weight is 407 g/mol. The van der Waals surface area contributed by atoms with Gasteiger partial charge in [0.25, 0.3) is 0 Å². The van der Waals surface area contributed by atoms with Crippen molar-refractivity contribution in [1.82, 2.24) is 0 Å². The number of hydrogen-bond donors (Lipinski definition) is 2.